The molecule has 1 aliphatic rings. The van der Waals surface area contributed by atoms with Crippen LogP contribution in [0, 0.1) is 11.8 Å². The highest BCUT2D eigenvalue weighted by atomic mass is 16.5. The van der Waals surface area contributed by atoms with Gasteiger partial charge in [0.2, 0.25) is 5.91 Å². The Morgan fingerprint density at radius 3 is 2.57 bits per heavy atom. The Morgan fingerprint density at radius 1 is 1.23 bits per heavy atom. The number of nitrogens with two attached hydrogens (primary N) is 1. The minimum atomic E-state index is -0.100. The molecule has 2 aromatic heterocycles. The highest BCUT2D eigenvalue weighted by Crippen LogP contribution is 2.32. The SMILES string of the molecule is C=CC(=O)N1C[C@@H](n2nc(C#Cc3cc(OC)cc(OC)c3)c3c(N)ncnc32)C[C@H]1CN(C)C. The molecular weight excluding hydrogens is 446 g/mol. The van der Waals surface area contributed by atoms with Crippen molar-refractivity contribution in [2.24, 2.45) is 0 Å². The number of anilines is 1. The molecule has 1 amide bonds. The topological polar surface area (TPSA) is 112 Å². The molecule has 10 nitrogen and oxygen atoms in total. The summed E-state index contributed by atoms with van der Waals surface area (Å²) >= 11 is 0. The van der Waals surface area contributed by atoms with Crippen LogP contribution >= 0.6 is 0 Å². The summed E-state index contributed by atoms with van der Waals surface area (Å²) in [6, 6.07) is 5.35. The first-order chi connectivity index (χ1) is 16.8. The number of likely N-dealkylation sites (N-methyl/N-ethyl adjacent to an activating group) is 1. The van der Waals surface area contributed by atoms with Crippen molar-refractivity contribution in [3.05, 3.63) is 48.4 Å². The molecule has 0 unspecified atom stereocenters. The fraction of sp³-hybridized carbons (Fsp3) is 0.360. The van der Waals surface area contributed by atoms with Gasteiger partial charge in [0.25, 0.3) is 0 Å². The highest BCUT2D eigenvalue weighted by Gasteiger charge is 2.37. The first kappa shape index (κ1) is 24.0. The lowest BCUT2D eigenvalue weighted by molar-refractivity contribution is -0.127. The predicted molar refractivity (Wildman–Crippen MR) is 133 cm³/mol. The fourth-order valence-corrected chi connectivity index (χ4v) is 4.40. The van der Waals surface area contributed by atoms with Crippen molar-refractivity contribution in [1.82, 2.24) is 29.5 Å². The molecule has 0 spiro atoms. The van der Waals surface area contributed by atoms with E-state index in [1.54, 1.807) is 20.3 Å². The molecule has 0 aliphatic carbocycles. The van der Waals surface area contributed by atoms with Crippen LogP contribution in [0.1, 0.15) is 23.7 Å². The summed E-state index contributed by atoms with van der Waals surface area (Å²) in [4.78, 5) is 25.1. The van der Waals surface area contributed by atoms with Crippen LogP contribution in [0.2, 0.25) is 0 Å². The zero-order chi connectivity index (χ0) is 25.1. The van der Waals surface area contributed by atoms with Crippen LogP contribution in [-0.4, -0.2) is 82.9 Å². The summed E-state index contributed by atoms with van der Waals surface area (Å²) in [5.41, 5.74) is 7.98. The van der Waals surface area contributed by atoms with Crippen molar-refractivity contribution in [2.75, 3.05) is 47.1 Å². The highest BCUT2D eigenvalue weighted by molar-refractivity contribution is 5.91. The van der Waals surface area contributed by atoms with Gasteiger partial charge in [-0.3, -0.25) is 4.79 Å². The third-order valence-corrected chi connectivity index (χ3v) is 5.97. The molecule has 2 atom stereocenters. The van der Waals surface area contributed by atoms with Gasteiger partial charge in [0, 0.05) is 30.8 Å². The van der Waals surface area contributed by atoms with E-state index in [9.17, 15) is 4.79 Å². The smallest absolute Gasteiger partial charge is 0.246 e. The Hall–Kier alpha value is -4.10. The molecule has 4 rings (SSSR count). The number of carbonyl (C=O) groups excluding carboxylic acids is 1. The van der Waals surface area contributed by atoms with Crippen molar-refractivity contribution in [2.45, 2.75) is 18.5 Å². The second kappa shape index (κ2) is 10.0. The van der Waals surface area contributed by atoms with E-state index in [2.05, 4.69) is 33.3 Å². The lowest BCUT2D eigenvalue weighted by Crippen LogP contribution is -2.40. The molecule has 35 heavy (non-hydrogen) atoms. The monoisotopic (exact) mass is 475 g/mol. The van der Waals surface area contributed by atoms with Crippen molar-refractivity contribution in [3.8, 4) is 23.3 Å². The van der Waals surface area contributed by atoms with Gasteiger partial charge in [0.05, 0.1) is 25.6 Å². The van der Waals surface area contributed by atoms with Crippen molar-refractivity contribution < 1.29 is 14.3 Å². The number of hydrogen-bond donors (Lipinski definition) is 1. The molecule has 1 aliphatic heterocycles. The van der Waals surface area contributed by atoms with E-state index in [0.29, 0.717) is 46.2 Å². The molecule has 3 aromatic rings. The van der Waals surface area contributed by atoms with E-state index in [1.807, 2.05) is 35.8 Å². The van der Waals surface area contributed by atoms with Crippen molar-refractivity contribution in [3.63, 3.8) is 0 Å². The van der Waals surface area contributed by atoms with E-state index in [1.165, 1.54) is 12.4 Å². The van der Waals surface area contributed by atoms with Crippen molar-refractivity contribution >= 4 is 22.8 Å². The summed E-state index contributed by atoms with van der Waals surface area (Å²) in [7, 11) is 7.15. The molecule has 1 fully saturated rings. The Morgan fingerprint density at radius 2 is 1.94 bits per heavy atom. The van der Waals surface area contributed by atoms with Gasteiger partial charge < -0.3 is 25.0 Å². The number of benzene rings is 1. The number of amides is 1. The summed E-state index contributed by atoms with van der Waals surface area (Å²) in [6.45, 7) is 4.88. The zero-order valence-electron chi connectivity index (χ0n) is 20.4. The number of aromatic nitrogens is 4. The number of nitrogens with zero attached hydrogens (tertiary/aromatic N) is 6. The lowest BCUT2D eigenvalue weighted by atomic mass is 10.1. The fourth-order valence-electron chi connectivity index (χ4n) is 4.40. The summed E-state index contributed by atoms with van der Waals surface area (Å²) in [5, 5.41) is 5.38. The maximum atomic E-state index is 12.5. The average Bonchev–Trinajstić information content (AvgIpc) is 3.43. The number of hydrogen-bond acceptors (Lipinski definition) is 8. The summed E-state index contributed by atoms with van der Waals surface area (Å²) in [5.74, 6) is 7.72. The van der Waals surface area contributed by atoms with Gasteiger partial charge in [0.1, 0.15) is 29.3 Å². The first-order valence-corrected chi connectivity index (χ1v) is 11.2. The number of nitrogen functional groups attached to an aromatic ring is 1. The van der Waals surface area contributed by atoms with Gasteiger partial charge in [-0.2, -0.15) is 5.10 Å². The lowest BCUT2D eigenvalue weighted by Gasteiger charge is -2.25. The van der Waals surface area contributed by atoms with Gasteiger partial charge in [-0.15, -0.1) is 0 Å². The quantitative estimate of drug-likeness (QED) is 0.424. The van der Waals surface area contributed by atoms with Crippen LogP contribution in [0.5, 0.6) is 11.5 Å². The molecule has 0 bridgehead atoms. The normalized spacial score (nSPS) is 17.3. The maximum absolute atomic E-state index is 12.5. The second-order valence-electron chi connectivity index (χ2n) is 8.60. The number of ether oxygens (including phenoxy) is 2. The molecule has 10 heteroatoms. The van der Waals surface area contributed by atoms with E-state index >= 15 is 0 Å². The number of carbonyl (C=O) groups is 1. The predicted octanol–water partition coefficient (Wildman–Crippen LogP) is 1.72. The first-order valence-electron chi connectivity index (χ1n) is 11.2. The van der Waals surface area contributed by atoms with E-state index in [4.69, 9.17) is 20.3 Å². The molecule has 0 radical (unpaired) electrons. The molecule has 1 saturated heterocycles. The second-order valence-corrected chi connectivity index (χ2v) is 8.60. The Labute approximate surface area is 204 Å². The van der Waals surface area contributed by atoms with Crippen molar-refractivity contribution in [1.29, 1.82) is 0 Å². The number of methoxy groups -OCH3 is 2. The molecular formula is C25H29N7O3. The van der Waals surface area contributed by atoms with Gasteiger partial charge >= 0.3 is 0 Å². The van der Waals surface area contributed by atoms with Crippen LogP contribution in [0.4, 0.5) is 5.82 Å². The van der Waals surface area contributed by atoms with E-state index in [-0.39, 0.29) is 18.0 Å². The zero-order valence-corrected chi connectivity index (χ0v) is 20.4. The summed E-state index contributed by atoms with van der Waals surface area (Å²) in [6.07, 6.45) is 3.49. The minimum absolute atomic E-state index is 0.0257. The van der Waals surface area contributed by atoms with Crippen LogP contribution < -0.4 is 15.2 Å². The van der Waals surface area contributed by atoms with E-state index < -0.39 is 0 Å². The van der Waals surface area contributed by atoms with Crippen LogP contribution in [0.15, 0.2) is 37.2 Å². The minimum Gasteiger partial charge on any atom is -0.497 e. The molecule has 182 valence electrons. The number of fused-ring (bicyclic) bond motifs is 1. The maximum Gasteiger partial charge on any atom is 0.246 e. The van der Waals surface area contributed by atoms with Crippen LogP contribution in [0.3, 0.4) is 0 Å². The van der Waals surface area contributed by atoms with Gasteiger partial charge in [0.15, 0.2) is 5.65 Å². The van der Waals surface area contributed by atoms with Crippen LogP contribution in [-0.2, 0) is 4.79 Å². The third kappa shape index (κ3) is 4.90. The molecule has 3 heterocycles. The summed E-state index contributed by atoms with van der Waals surface area (Å²) < 4.78 is 12.5. The third-order valence-electron chi connectivity index (χ3n) is 5.97. The van der Waals surface area contributed by atoms with Gasteiger partial charge in [-0.25, -0.2) is 14.6 Å². The van der Waals surface area contributed by atoms with Gasteiger partial charge in [-0.05, 0) is 44.6 Å². The Balaban J connectivity index is 1.75. The van der Waals surface area contributed by atoms with Crippen LogP contribution in [0.25, 0.3) is 11.0 Å². The van der Waals surface area contributed by atoms with Gasteiger partial charge in [-0.1, -0.05) is 12.5 Å². The molecule has 1 aromatic carbocycles. The molecule has 0 saturated carbocycles. The number of likely N-dealkylation sites (tertiary alicyclic amines) is 1. The largest absolute Gasteiger partial charge is 0.497 e. The molecule has 2 N–H and O–H groups in total. The Bertz CT molecular complexity index is 1300. The average molecular weight is 476 g/mol. The standard InChI is InChI=1S/C25H29N7O3/c1-6-22(33)31-14-18(11-17(31)13-30(2)3)32-25-23(24(26)27-15-28-25)21(29-32)8-7-16-9-19(34-4)12-20(10-16)35-5/h6,9-10,12,15,17-18H,1,11,13-14H2,2-5H3,(H2,26,27,28)/t17-,18-/m0/s1. The van der Waals surface area contributed by atoms with E-state index in [0.717, 1.165) is 13.0 Å². The number of rotatable bonds is 6. The Kier molecular flexibility index (Phi) is 6.89.